The molecule has 16 heavy (non-hydrogen) atoms. The van der Waals surface area contributed by atoms with E-state index in [1.54, 1.807) is 6.20 Å². The molecule has 0 aromatic rings. The fraction of sp³-hybridized carbons (Fsp3) is 0.545. The molecule has 0 fully saturated rings. The molecule has 0 bridgehead atoms. The van der Waals surface area contributed by atoms with Crippen LogP contribution in [-0.2, 0) is 14.3 Å². The summed E-state index contributed by atoms with van der Waals surface area (Å²) in [6, 6.07) is 0. The third-order valence-electron chi connectivity index (χ3n) is 2.27. The maximum Gasteiger partial charge on any atom is 0.335 e. The highest BCUT2D eigenvalue weighted by atomic mass is 79.9. The van der Waals surface area contributed by atoms with E-state index in [4.69, 9.17) is 11.2 Å². The molecule has 1 aliphatic rings. The number of halogens is 1. The fourth-order valence-electron chi connectivity index (χ4n) is 1.56. The molecule has 0 aromatic carbocycles. The zero-order valence-corrected chi connectivity index (χ0v) is 10.9. The van der Waals surface area contributed by atoms with Crippen molar-refractivity contribution in [1.29, 1.82) is 0 Å². The first-order chi connectivity index (χ1) is 7.60. The van der Waals surface area contributed by atoms with Crippen LogP contribution in [-0.4, -0.2) is 42.7 Å². The number of hydrogen-bond acceptors (Lipinski definition) is 4. The predicted octanol–water partition coefficient (Wildman–Crippen LogP) is 1.12. The van der Waals surface area contributed by atoms with Gasteiger partial charge in [0.2, 0.25) is 0 Å². The van der Waals surface area contributed by atoms with E-state index in [-0.39, 0.29) is 23.6 Å². The third kappa shape index (κ3) is 3.00. The van der Waals surface area contributed by atoms with Crippen molar-refractivity contribution in [2.24, 2.45) is 0 Å². The summed E-state index contributed by atoms with van der Waals surface area (Å²) in [7, 11) is 3.20. The fourth-order valence-corrected chi connectivity index (χ4v) is 2.43. The van der Waals surface area contributed by atoms with Crippen LogP contribution in [0.4, 0.5) is 0 Å². The largest absolute Gasteiger partial charge is 0.466 e. The number of carbonyl (C=O) groups excluding carboxylic acids is 1. The molecule has 0 unspecified atom stereocenters. The molecule has 0 saturated carbocycles. The van der Waals surface area contributed by atoms with Gasteiger partial charge in [0.1, 0.15) is 12.8 Å². The third-order valence-corrected chi connectivity index (χ3v) is 3.05. The number of terminal acetylenes is 1. The minimum Gasteiger partial charge on any atom is -0.466 e. The monoisotopic (exact) mass is 287 g/mol. The van der Waals surface area contributed by atoms with Crippen molar-refractivity contribution in [3.63, 3.8) is 0 Å². The van der Waals surface area contributed by atoms with E-state index >= 15 is 0 Å². The van der Waals surface area contributed by atoms with E-state index in [1.165, 1.54) is 7.11 Å². The summed E-state index contributed by atoms with van der Waals surface area (Å²) in [5.41, 5.74) is 0.618. The van der Waals surface area contributed by atoms with Crippen LogP contribution >= 0.6 is 15.9 Å². The number of methoxy groups -OCH3 is 1. The van der Waals surface area contributed by atoms with E-state index in [1.807, 2.05) is 11.9 Å². The highest BCUT2D eigenvalue weighted by Crippen LogP contribution is 2.27. The summed E-state index contributed by atoms with van der Waals surface area (Å²) in [5.74, 6) is 2.11. The van der Waals surface area contributed by atoms with Crippen LogP contribution in [0.15, 0.2) is 11.8 Å². The van der Waals surface area contributed by atoms with Gasteiger partial charge in [0, 0.05) is 13.2 Å². The van der Waals surface area contributed by atoms with Crippen molar-refractivity contribution in [3.05, 3.63) is 11.8 Å². The Morgan fingerprint density at radius 3 is 3.00 bits per heavy atom. The van der Waals surface area contributed by atoms with Crippen molar-refractivity contribution in [1.82, 2.24) is 4.90 Å². The Morgan fingerprint density at radius 1 is 1.81 bits per heavy atom. The Labute approximate surface area is 104 Å². The first-order valence-electron chi connectivity index (χ1n) is 4.80. The van der Waals surface area contributed by atoms with Gasteiger partial charge in [-0.1, -0.05) is 21.9 Å². The first kappa shape index (κ1) is 13.1. The summed E-state index contributed by atoms with van der Waals surface area (Å²) in [4.78, 5) is 13.2. The molecule has 2 atom stereocenters. The van der Waals surface area contributed by atoms with Crippen molar-refractivity contribution in [3.8, 4) is 12.3 Å². The molecule has 0 aliphatic carbocycles. The molecule has 88 valence electrons. The molecule has 0 aromatic heterocycles. The minimum atomic E-state index is -0.313. The molecule has 1 heterocycles. The van der Waals surface area contributed by atoms with Crippen LogP contribution in [0.5, 0.6) is 0 Å². The Balaban J connectivity index is 2.72. The van der Waals surface area contributed by atoms with Gasteiger partial charge in [-0.3, -0.25) is 0 Å². The van der Waals surface area contributed by atoms with Crippen LogP contribution in [0.1, 0.15) is 6.42 Å². The Bertz CT molecular complexity index is 335. The molecule has 0 amide bonds. The summed E-state index contributed by atoms with van der Waals surface area (Å²) in [6.45, 7) is 0.249. The summed E-state index contributed by atoms with van der Waals surface area (Å²) >= 11 is 3.48. The van der Waals surface area contributed by atoms with Crippen LogP contribution in [0.3, 0.4) is 0 Å². The molecule has 0 radical (unpaired) electrons. The Hall–Kier alpha value is -0.990. The van der Waals surface area contributed by atoms with Gasteiger partial charge in [0.25, 0.3) is 0 Å². The molecule has 5 heteroatoms. The molecule has 4 nitrogen and oxygen atoms in total. The van der Waals surface area contributed by atoms with Gasteiger partial charge in [-0.15, -0.1) is 6.42 Å². The van der Waals surface area contributed by atoms with Gasteiger partial charge in [0.15, 0.2) is 0 Å². The predicted molar refractivity (Wildman–Crippen MR) is 63.8 cm³/mol. The standard InChI is InChI=1S/C11H14BrNO3/c1-4-5-16-10-9(12)6-8(7-13(10)2)11(14)15-3/h1,7,9-10H,5-6H2,2-3H3/t9-,10+/m0/s1. The van der Waals surface area contributed by atoms with Crippen molar-refractivity contribution >= 4 is 21.9 Å². The minimum absolute atomic E-state index is 0.0185. The molecule has 1 aliphatic heterocycles. The first-order valence-corrected chi connectivity index (χ1v) is 5.71. The highest BCUT2D eigenvalue weighted by Gasteiger charge is 2.30. The molecule has 0 N–H and O–H groups in total. The summed E-state index contributed by atoms with van der Waals surface area (Å²) < 4.78 is 10.1. The molecular formula is C11H14BrNO3. The van der Waals surface area contributed by atoms with E-state index in [0.717, 1.165) is 0 Å². The lowest BCUT2D eigenvalue weighted by atomic mass is 10.1. The van der Waals surface area contributed by atoms with Gasteiger partial charge >= 0.3 is 5.97 Å². The van der Waals surface area contributed by atoms with E-state index < -0.39 is 0 Å². The smallest absolute Gasteiger partial charge is 0.335 e. The second-order valence-electron chi connectivity index (χ2n) is 3.44. The lowest BCUT2D eigenvalue weighted by Crippen LogP contribution is -2.42. The topological polar surface area (TPSA) is 38.8 Å². The number of nitrogens with zero attached hydrogens (tertiary/aromatic N) is 1. The Morgan fingerprint density at radius 2 is 2.50 bits per heavy atom. The van der Waals surface area contributed by atoms with Crippen molar-refractivity contribution in [2.45, 2.75) is 17.5 Å². The second kappa shape index (κ2) is 5.92. The van der Waals surface area contributed by atoms with Crippen LogP contribution in [0, 0.1) is 12.3 Å². The number of rotatable bonds is 3. The maximum atomic E-state index is 11.4. The van der Waals surface area contributed by atoms with Gasteiger partial charge in [0.05, 0.1) is 17.5 Å². The van der Waals surface area contributed by atoms with Gasteiger partial charge in [-0.25, -0.2) is 4.79 Å². The number of carbonyl (C=O) groups is 1. The number of alkyl halides is 1. The second-order valence-corrected chi connectivity index (χ2v) is 4.61. The molecule has 0 saturated heterocycles. The van der Waals surface area contributed by atoms with Gasteiger partial charge in [-0.2, -0.15) is 0 Å². The van der Waals surface area contributed by atoms with Crippen molar-refractivity contribution in [2.75, 3.05) is 20.8 Å². The Kier molecular flexibility index (Phi) is 4.84. The number of esters is 1. The normalized spacial score (nSPS) is 24.6. The van der Waals surface area contributed by atoms with E-state index in [2.05, 4.69) is 26.6 Å². The molecular weight excluding hydrogens is 274 g/mol. The van der Waals surface area contributed by atoms with E-state index in [9.17, 15) is 4.79 Å². The SMILES string of the molecule is C#CCO[C@@H]1[C@@H](Br)CC(C(=O)OC)=CN1C. The van der Waals surface area contributed by atoms with Crippen LogP contribution < -0.4 is 0 Å². The van der Waals surface area contributed by atoms with Gasteiger partial charge in [-0.05, 0) is 6.42 Å². The van der Waals surface area contributed by atoms with Crippen molar-refractivity contribution < 1.29 is 14.3 Å². The summed E-state index contributed by atoms with van der Waals surface area (Å²) in [6.07, 6.45) is 7.26. The average molecular weight is 288 g/mol. The quantitative estimate of drug-likeness (QED) is 0.443. The number of hydrogen-bond donors (Lipinski definition) is 0. The molecule has 1 rings (SSSR count). The zero-order valence-electron chi connectivity index (χ0n) is 9.27. The highest BCUT2D eigenvalue weighted by molar-refractivity contribution is 9.09. The lowest BCUT2D eigenvalue weighted by molar-refractivity contribution is -0.136. The van der Waals surface area contributed by atoms with E-state index in [0.29, 0.717) is 12.0 Å². The zero-order chi connectivity index (χ0) is 12.1. The molecule has 0 spiro atoms. The van der Waals surface area contributed by atoms with Crippen LogP contribution in [0.25, 0.3) is 0 Å². The van der Waals surface area contributed by atoms with Crippen LogP contribution in [0.2, 0.25) is 0 Å². The maximum absolute atomic E-state index is 11.4. The van der Waals surface area contributed by atoms with Gasteiger partial charge < -0.3 is 14.4 Å². The average Bonchev–Trinajstić information content (AvgIpc) is 2.26. The lowest BCUT2D eigenvalue weighted by Gasteiger charge is -2.34. The summed E-state index contributed by atoms with van der Waals surface area (Å²) in [5, 5.41) is 0. The number of ether oxygens (including phenoxy) is 2.